The SMILES string of the molecule is Cc1ccc(S(=O)(=O)Oc2ccccc2/C=N/n2c(C)nc3ccccc3c2=O)cc1. The summed E-state index contributed by atoms with van der Waals surface area (Å²) in [5, 5.41) is 4.68. The van der Waals surface area contributed by atoms with Gasteiger partial charge in [0.25, 0.3) is 5.56 Å². The van der Waals surface area contributed by atoms with Gasteiger partial charge in [-0.25, -0.2) is 4.98 Å². The molecule has 0 unspecified atom stereocenters. The normalized spacial score (nSPS) is 11.8. The second-order valence-electron chi connectivity index (χ2n) is 6.93. The number of aromatic nitrogens is 2. The first kappa shape index (κ1) is 20.5. The number of fused-ring (bicyclic) bond motifs is 1. The van der Waals surface area contributed by atoms with E-state index in [1.54, 1.807) is 55.5 Å². The van der Waals surface area contributed by atoms with E-state index in [4.69, 9.17) is 4.18 Å². The van der Waals surface area contributed by atoms with E-state index in [0.717, 1.165) is 5.56 Å². The van der Waals surface area contributed by atoms with Crippen LogP contribution in [0.3, 0.4) is 0 Å². The van der Waals surface area contributed by atoms with Crippen molar-refractivity contribution in [1.82, 2.24) is 9.66 Å². The van der Waals surface area contributed by atoms with Crippen LogP contribution in [0.1, 0.15) is 17.0 Å². The van der Waals surface area contributed by atoms with Gasteiger partial charge >= 0.3 is 10.1 Å². The number of rotatable bonds is 5. The molecule has 0 spiro atoms. The fraction of sp³-hybridized carbons (Fsp3) is 0.0870. The zero-order valence-corrected chi connectivity index (χ0v) is 17.7. The van der Waals surface area contributed by atoms with E-state index in [2.05, 4.69) is 10.1 Å². The van der Waals surface area contributed by atoms with Crippen LogP contribution in [0.25, 0.3) is 10.9 Å². The minimum atomic E-state index is -4.02. The predicted molar refractivity (Wildman–Crippen MR) is 119 cm³/mol. The molecule has 0 amide bonds. The summed E-state index contributed by atoms with van der Waals surface area (Å²) >= 11 is 0. The molecule has 0 radical (unpaired) electrons. The van der Waals surface area contributed by atoms with Crippen LogP contribution in [0.4, 0.5) is 0 Å². The Labute approximate surface area is 179 Å². The van der Waals surface area contributed by atoms with Crippen molar-refractivity contribution in [3.63, 3.8) is 0 Å². The van der Waals surface area contributed by atoms with Crippen molar-refractivity contribution in [3.05, 3.63) is 100 Å². The second-order valence-corrected chi connectivity index (χ2v) is 8.47. The molecule has 156 valence electrons. The lowest BCUT2D eigenvalue weighted by Crippen LogP contribution is -2.20. The van der Waals surface area contributed by atoms with Crippen molar-refractivity contribution in [1.29, 1.82) is 0 Å². The molecule has 31 heavy (non-hydrogen) atoms. The van der Waals surface area contributed by atoms with Crippen LogP contribution in [-0.2, 0) is 10.1 Å². The van der Waals surface area contributed by atoms with E-state index >= 15 is 0 Å². The van der Waals surface area contributed by atoms with Crippen molar-refractivity contribution in [2.75, 3.05) is 0 Å². The molecule has 0 aliphatic heterocycles. The Balaban J connectivity index is 1.70. The van der Waals surface area contributed by atoms with Crippen molar-refractivity contribution in [3.8, 4) is 5.75 Å². The smallest absolute Gasteiger partial charge is 0.339 e. The lowest BCUT2D eigenvalue weighted by Gasteiger charge is -2.10. The summed E-state index contributed by atoms with van der Waals surface area (Å²) in [6, 6.07) is 20.0. The summed E-state index contributed by atoms with van der Waals surface area (Å²) in [6.45, 7) is 3.55. The average Bonchev–Trinajstić information content (AvgIpc) is 2.75. The molecule has 0 saturated heterocycles. The highest BCUT2D eigenvalue weighted by atomic mass is 32.2. The van der Waals surface area contributed by atoms with Crippen LogP contribution in [0.15, 0.2) is 87.6 Å². The Morgan fingerprint density at radius 2 is 1.61 bits per heavy atom. The first-order valence-corrected chi connectivity index (χ1v) is 10.9. The van der Waals surface area contributed by atoms with E-state index in [1.165, 1.54) is 29.1 Å². The molecule has 0 fully saturated rings. The fourth-order valence-corrected chi connectivity index (χ4v) is 3.98. The molecule has 0 bridgehead atoms. The molecule has 1 heterocycles. The monoisotopic (exact) mass is 433 g/mol. The van der Waals surface area contributed by atoms with Crippen molar-refractivity contribution >= 4 is 27.2 Å². The van der Waals surface area contributed by atoms with Crippen LogP contribution >= 0.6 is 0 Å². The van der Waals surface area contributed by atoms with Gasteiger partial charge in [-0.1, -0.05) is 42.0 Å². The Bertz CT molecular complexity index is 1460. The van der Waals surface area contributed by atoms with Gasteiger partial charge in [0, 0.05) is 5.56 Å². The van der Waals surface area contributed by atoms with Crippen molar-refractivity contribution in [2.24, 2.45) is 5.10 Å². The minimum Gasteiger partial charge on any atom is -0.378 e. The molecule has 0 atom stereocenters. The van der Waals surface area contributed by atoms with Crippen LogP contribution in [0, 0.1) is 13.8 Å². The maximum atomic E-state index is 12.8. The van der Waals surface area contributed by atoms with Crippen molar-refractivity contribution in [2.45, 2.75) is 18.7 Å². The molecule has 0 saturated carbocycles. The highest BCUT2D eigenvalue weighted by Crippen LogP contribution is 2.22. The van der Waals surface area contributed by atoms with E-state index in [1.807, 2.05) is 13.0 Å². The van der Waals surface area contributed by atoms with Gasteiger partial charge in [-0.2, -0.15) is 18.2 Å². The van der Waals surface area contributed by atoms with E-state index in [0.29, 0.717) is 22.3 Å². The number of hydrogen-bond donors (Lipinski definition) is 0. The number of hydrogen-bond acceptors (Lipinski definition) is 6. The lowest BCUT2D eigenvalue weighted by molar-refractivity contribution is 0.485. The summed E-state index contributed by atoms with van der Waals surface area (Å²) in [6.07, 6.45) is 1.38. The summed E-state index contributed by atoms with van der Waals surface area (Å²) < 4.78 is 31.9. The first-order valence-electron chi connectivity index (χ1n) is 9.48. The van der Waals surface area contributed by atoms with E-state index < -0.39 is 10.1 Å². The van der Waals surface area contributed by atoms with Gasteiger partial charge in [-0.15, -0.1) is 0 Å². The van der Waals surface area contributed by atoms with Gasteiger partial charge in [0.2, 0.25) is 0 Å². The summed E-state index contributed by atoms with van der Waals surface area (Å²) in [5.41, 5.74) is 1.61. The molecule has 4 rings (SSSR count). The van der Waals surface area contributed by atoms with Crippen LogP contribution < -0.4 is 9.74 Å². The Morgan fingerprint density at radius 1 is 0.935 bits per heavy atom. The van der Waals surface area contributed by atoms with Gasteiger partial charge in [-0.05, 0) is 50.2 Å². The highest BCUT2D eigenvalue weighted by Gasteiger charge is 2.18. The van der Waals surface area contributed by atoms with Crippen LogP contribution in [0.2, 0.25) is 0 Å². The molecule has 0 aliphatic carbocycles. The third kappa shape index (κ3) is 4.24. The number of aryl methyl sites for hydroxylation is 2. The molecule has 3 aromatic carbocycles. The minimum absolute atomic E-state index is 0.0515. The third-order valence-corrected chi connectivity index (χ3v) is 5.90. The van der Waals surface area contributed by atoms with E-state index in [9.17, 15) is 13.2 Å². The zero-order chi connectivity index (χ0) is 22.0. The standard InChI is InChI=1S/C23H19N3O4S/c1-16-11-13-19(14-12-16)31(28,29)30-22-10-6-3-7-18(22)15-24-26-17(2)25-21-9-5-4-8-20(21)23(26)27/h3-15H,1-2H3/b24-15+. The Morgan fingerprint density at radius 3 is 2.39 bits per heavy atom. The lowest BCUT2D eigenvalue weighted by atomic mass is 10.2. The summed E-state index contributed by atoms with van der Waals surface area (Å²) in [4.78, 5) is 17.2. The molecule has 0 N–H and O–H groups in total. The van der Waals surface area contributed by atoms with Crippen molar-refractivity contribution < 1.29 is 12.6 Å². The average molecular weight is 433 g/mol. The molecule has 7 nitrogen and oxygen atoms in total. The quantitative estimate of drug-likeness (QED) is 0.354. The van der Waals surface area contributed by atoms with Gasteiger partial charge in [0.1, 0.15) is 10.7 Å². The highest BCUT2D eigenvalue weighted by molar-refractivity contribution is 7.87. The Hall–Kier alpha value is -3.78. The topological polar surface area (TPSA) is 90.6 Å². The maximum Gasteiger partial charge on any atom is 0.339 e. The maximum absolute atomic E-state index is 12.8. The molecule has 0 aliphatic rings. The molecule has 4 aromatic rings. The second kappa shape index (κ2) is 8.16. The number of para-hydroxylation sites is 2. The number of nitrogens with zero attached hydrogens (tertiary/aromatic N) is 3. The zero-order valence-electron chi connectivity index (χ0n) is 16.9. The van der Waals surface area contributed by atoms with E-state index in [-0.39, 0.29) is 16.2 Å². The first-order chi connectivity index (χ1) is 14.8. The molecular formula is C23H19N3O4S. The molecule has 8 heteroatoms. The van der Waals surface area contributed by atoms with Gasteiger partial charge in [0.15, 0.2) is 5.75 Å². The summed E-state index contributed by atoms with van der Waals surface area (Å²) in [5.74, 6) is 0.511. The van der Waals surface area contributed by atoms with Gasteiger partial charge < -0.3 is 4.18 Å². The largest absolute Gasteiger partial charge is 0.378 e. The molecular weight excluding hydrogens is 414 g/mol. The van der Waals surface area contributed by atoms with Crippen LogP contribution in [-0.4, -0.2) is 24.3 Å². The van der Waals surface area contributed by atoms with Crippen LogP contribution in [0.5, 0.6) is 5.75 Å². The van der Waals surface area contributed by atoms with Gasteiger partial charge in [0.05, 0.1) is 17.1 Å². The third-order valence-electron chi connectivity index (χ3n) is 4.66. The summed E-state index contributed by atoms with van der Waals surface area (Å²) in [7, 11) is -4.02. The molecule has 1 aromatic heterocycles. The number of benzene rings is 3. The fourth-order valence-electron chi connectivity index (χ4n) is 3.02. The van der Waals surface area contributed by atoms with Gasteiger partial charge in [-0.3, -0.25) is 4.79 Å². The predicted octanol–water partition coefficient (Wildman–Crippen LogP) is 3.66. The Kier molecular flexibility index (Phi) is 5.39.